The summed E-state index contributed by atoms with van der Waals surface area (Å²) in [5.41, 5.74) is 1.63. The van der Waals surface area contributed by atoms with Gasteiger partial charge < -0.3 is 25.5 Å². The van der Waals surface area contributed by atoms with Crippen LogP contribution in [0.25, 0.3) is 0 Å². The van der Waals surface area contributed by atoms with Gasteiger partial charge in [0.05, 0.1) is 11.3 Å². The molecular weight excluding hydrogens is 387 g/mol. The van der Waals surface area contributed by atoms with E-state index in [1.807, 2.05) is 4.90 Å². The van der Waals surface area contributed by atoms with E-state index in [2.05, 4.69) is 22.5 Å². The molecular formula is C22H27FN4O3. The molecule has 0 aromatic heterocycles. The van der Waals surface area contributed by atoms with Crippen molar-refractivity contribution >= 4 is 23.2 Å². The third-order valence-electron chi connectivity index (χ3n) is 5.19. The maximum absolute atomic E-state index is 14.7. The number of nitrogens with one attached hydrogen (secondary N) is 2. The second kappa shape index (κ2) is 9.58. The van der Waals surface area contributed by atoms with Crippen LogP contribution in [0.4, 0.5) is 15.8 Å². The molecule has 1 fully saturated rings. The van der Waals surface area contributed by atoms with Gasteiger partial charge in [-0.15, -0.1) is 0 Å². The molecule has 30 heavy (non-hydrogen) atoms. The predicted molar refractivity (Wildman–Crippen MR) is 114 cm³/mol. The molecule has 1 saturated heterocycles. The molecule has 3 N–H and O–H groups in total. The number of benzene rings is 2. The van der Waals surface area contributed by atoms with Crippen LogP contribution in [-0.2, 0) is 11.3 Å². The van der Waals surface area contributed by atoms with E-state index in [0.717, 1.165) is 32.7 Å². The lowest BCUT2D eigenvalue weighted by molar-refractivity contribution is -0.114. The SMILES string of the molecule is CCN1CCN(c2ccc(CNC(=O)c3cc(NC(C)=O)ccc3O)cc2F)CC1. The third-order valence-corrected chi connectivity index (χ3v) is 5.19. The van der Waals surface area contributed by atoms with Crippen molar-refractivity contribution < 1.29 is 19.1 Å². The topological polar surface area (TPSA) is 84.9 Å². The summed E-state index contributed by atoms with van der Waals surface area (Å²) in [6, 6.07) is 9.20. The Balaban J connectivity index is 1.63. The summed E-state index contributed by atoms with van der Waals surface area (Å²) in [6.45, 7) is 7.98. The van der Waals surface area contributed by atoms with Crippen LogP contribution in [0.5, 0.6) is 5.75 Å². The lowest BCUT2D eigenvalue weighted by Crippen LogP contribution is -2.46. The van der Waals surface area contributed by atoms with Crippen molar-refractivity contribution in [2.45, 2.75) is 20.4 Å². The average molecular weight is 414 g/mol. The molecule has 0 saturated carbocycles. The Bertz CT molecular complexity index is 927. The van der Waals surface area contributed by atoms with Crippen molar-refractivity contribution in [3.8, 4) is 5.75 Å². The number of piperazine rings is 1. The molecule has 0 radical (unpaired) electrons. The number of aromatic hydroxyl groups is 1. The van der Waals surface area contributed by atoms with Crippen LogP contribution in [0, 0.1) is 5.82 Å². The Morgan fingerprint density at radius 1 is 1.10 bits per heavy atom. The van der Waals surface area contributed by atoms with E-state index < -0.39 is 5.91 Å². The number of anilines is 2. The van der Waals surface area contributed by atoms with E-state index >= 15 is 0 Å². The smallest absolute Gasteiger partial charge is 0.255 e. The van der Waals surface area contributed by atoms with Crippen molar-refractivity contribution in [3.05, 3.63) is 53.3 Å². The van der Waals surface area contributed by atoms with E-state index in [9.17, 15) is 19.1 Å². The van der Waals surface area contributed by atoms with E-state index in [0.29, 0.717) is 16.9 Å². The number of hydrogen-bond acceptors (Lipinski definition) is 5. The van der Waals surface area contributed by atoms with Gasteiger partial charge in [-0.2, -0.15) is 0 Å². The number of carbonyl (C=O) groups is 2. The zero-order valence-electron chi connectivity index (χ0n) is 17.2. The number of halogens is 1. The zero-order valence-corrected chi connectivity index (χ0v) is 17.2. The summed E-state index contributed by atoms with van der Waals surface area (Å²) >= 11 is 0. The fourth-order valence-corrected chi connectivity index (χ4v) is 3.50. The highest BCUT2D eigenvalue weighted by Gasteiger charge is 2.19. The van der Waals surface area contributed by atoms with Gasteiger partial charge in [-0.3, -0.25) is 9.59 Å². The Labute approximate surface area is 175 Å². The Hall–Kier alpha value is -3.13. The standard InChI is InChI=1S/C22H27FN4O3/c1-3-26-8-10-27(11-9-26)20-6-4-16(12-19(20)23)14-24-22(30)18-13-17(25-15(2)28)5-7-21(18)29/h4-7,12-13,29H,3,8-11,14H2,1-2H3,(H,24,30)(H,25,28). The number of carbonyl (C=O) groups excluding carboxylic acids is 2. The van der Waals surface area contributed by atoms with Gasteiger partial charge in [-0.25, -0.2) is 4.39 Å². The highest BCUT2D eigenvalue weighted by Crippen LogP contribution is 2.23. The molecule has 0 bridgehead atoms. The average Bonchev–Trinajstić information content (AvgIpc) is 2.73. The normalized spacial score (nSPS) is 14.4. The minimum Gasteiger partial charge on any atom is -0.507 e. The third kappa shape index (κ3) is 5.27. The summed E-state index contributed by atoms with van der Waals surface area (Å²) < 4.78 is 14.7. The van der Waals surface area contributed by atoms with Crippen LogP contribution >= 0.6 is 0 Å². The summed E-state index contributed by atoms with van der Waals surface area (Å²) in [5, 5.41) is 15.2. The van der Waals surface area contributed by atoms with Crippen LogP contribution < -0.4 is 15.5 Å². The lowest BCUT2D eigenvalue weighted by atomic mass is 10.1. The number of rotatable bonds is 6. The van der Waals surface area contributed by atoms with Crippen LogP contribution in [0.3, 0.4) is 0 Å². The molecule has 1 aliphatic heterocycles. The molecule has 2 amide bonds. The van der Waals surface area contributed by atoms with Crippen molar-refractivity contribution in [3.63, 3.8) is 0 Å². The zero-order chi connectivity index (χ0) is 21.7. The van der Waals surface area contributed by atoms with Gasteiger partial charge in [0.15, 0.2) is 0 Å². The fourth-order valence-electron chi connectivity index (χ4n) is 3.50. The van der Waals surface area contributed by atoms with Crippen LogP contribution in [-0.4, -0.2) is 54.5 Å². The molecule has 0 atom stereocenters. The van der Waals surface area contributed by atoms with Crippen molar-refractivity contribution in [2.75, 3.05) is 42.9 Å². The van der Waals surface area contributed by atoms with E-state index in [4.69, 9.17) is 0 Å². The lowest BCUT2D eigenvalue weighted by Gasteiger charge is -2.35. The second-order valence-electron chi connectivity index (χ2n) is 7.30. The number of amides is 2. The molecule has 1 heterocycles. The number of likely N-dealkylation sites (N-methyl/N-ethyl adjacent to an activating group) is 1. The van der Waals surface area contributed by atoms with Crippen molar-refractivity contribution in [1.29, 1.82) is 0 Å². The quantitative estimate of drug-likeness (QED) is 0.633. The largest absolute Gasteiger partial charge is 0.507 e. The minimum atomic E-state index is -0.514. The maximum Gasteiger partial charge on any atom is 0.255 e. The number of nitrogens with zero attached hydrogens (tertiary/aromatic N) is 2. The van der Waals surface area contributed by atoms with Gasteiger partial charge in [0.1, 0.15) is 11.6 Å². The molecule has 2 aromatic rings. The van der Waals surface area contributed by atoms with Crippen LogP contribution in [0.15, 0.2) is 36.4 Å². The Kier molecular flexibility index (Phi) is 6.89. The second-order valence-corrected chi connectivity index (χ2v) is 7.30. The van der Waals surface area contributed by atoms with Gasteiger partial charge in [0, 0.05) is 45.3 Å². The maximum atomic E-state index is 14.7. The van der Waals surface area contributed by atoms with Gasteiger partial charge in [-0.1, -0.05) is 13.0 Å². The molecule has 0 aliphatic carbocycles. The molecule has 3 rings (SSSR count). The molecule has 0 unspecified atom stereocenters. The number of phenols is 1. The molecule has 1 aliphatic rings. The van der Waals surface area contributed by atoms with Crippen LogP contribution in [0.2, 0.25) is 0 Å². The number of hydrogen-bond donors (Lipinski definition) is 3. The number of phenolic OH excluding ortho intramolecular Hbond substituents is 1. The van der Waals surface area contributed by atoms with E-state index in [1.54, 1.807) is 12.1 Å². The molecule has 8 heteroatoms. The van der Waals surface area contributed by atoms with Gasteiger partial charge >= 0.3 is 0 Å². The molecule has 160 valence electrons. The fraction of sp³-hybridized carbons (Fsp3) is 0.364. The molecule has 2 aromatic carbocycles. The molecule has 7 nitrogen and oxygen atoms in total. The first-order chi connectivity index (χ1) is 14.4. The van der Waals surface area contributed by atoms with Gasteiger partial charge in [0.25, 0.3) is 5.91 Å². The Morgan fingerprint density at radius 2 is 1.83 bits per heavy atom. The van der Waals surface area contributed by atoms with Crippen LogP contribution in [0.1, 0.15) is 29.8 Å². The first-order valence-corrected chi connectivity index (χ1v) is 10.0. The van der Waals surface area contributed by atoms with E-state index in [-0.39, 0.29) is 29.6 Å². The summed E-state index contributed by atoms with van der Waals surface area (Å²) in [7, 11) is 0. The molecule has 0 spiro atoms. The summed E-state index contributed by atoms with van der Waals surface area (Å²) in [4.78, 5) is 28.0. The first-order valence-electron chi connectivity index (χ1n) is 10.0. The Morgan fingerprint density at radius 3 is 2.47 bits per heavy atom. The highest BCUT2D eigenvalue weighted by atomic mass is 19.1. The summed E-state index contributed by atoms with van der Waals surface area (Å²) in [6.07, 6.45) is 0. The predicted octanol–water partition coefficient (Wildman–Crippen LogP) is 2.56. The van der Waals surface area contributed by atoms with Gasteiger partial charge in [-0.05, 0) is 42.4 Å². The first kappa shape index (κ1) is 21.6. The monoisotopic (exact) mass is 414 g/mol. The van der Waals surface area contributed by atoms with E-state index in [1.165, 1.54) is 31.2 Å². The van der Waals surface area contributed by atoms with Crippen molar-refractivity contribution in [1.82, 2.24) is 10.2 Å². The minimum absolute atomic E-state index is 0.0344. The van der Waals surface area contributed by atoms with Crippen molar-refractivity contribution in [2.24, 2.45) is 0 Å². The highest BCUT2D eigenvalue weighted by molar-refractivity contribution is 5.99. The summed E-state index contributed by atoms with van der Waals surface area (Å²) in [5.74, 6) is -1.31. The van der Waals surface area contributed by atoms with Gasteiger partial charge in [0.2, 0.25) is 5.91 Å².